The zero-order valence-electron chi connectivity index (χ0n) is 18.0. The standard InChI is InChI=1S/C23H28ClN5O2/c1-4-29(5-2)13-15-7-6-8-16(11-15)14-31-20-10-9-18(24)17-12-19(27-21(17)20)22(30)28-23(25)26-3/h6-12,27H,4-5,13-14H2,1-3H3,(H3,25,26,28,30). The Balaban J connectivity index is 1.81. The third-order valence-electron chi connectivity index (χ3n) is 5.10. The van der Waals surface area contributed by atoms with E-state index >= 15 is 0 Å². The Kier molecular flexibility index (Phi) is 7.55. The topological polar surface area (TPSA) is 95.7 Å². The molecule has 1 heterocycles. The van der Waals surface area contributed by atoms with Gasteiger partial charge in [-0.15, -0.1) is 0 Å². The molecule has 7 nitrogen and oxygen atoms in total. The quantitative estimate of drug-likeness (QED) is 0.363. The summed E-state index contributed by atoms with van der Waals surface area (Å²) in [5.41, 5.74) is 8.84. The van der Waals surface area contributed by atoms with Crippen LogP contribution in [0.4, 0.5) is 0 Å². The molecule has 3 aromatic rings. The summed E-state index contributed by atoms with van der Waals surface area (Å²) in [4.78, 5) is 21.6. The number of hydrogen-bond donors (Lipinski definition) is 3. The number of benzene rings is 2. The summed E-state index contributed by atoms with van der Waals surface area (Å²) in [6.45, 7) is 7.65. The highest BCUT2D eigenvalue weighted by Crippen LogP contribution is 2.32. The lowest BCUT2D eigenvalue weighted by Gasteiger charge is -2.18. The second kappa shape index (κ2) is 10.3. The summed E-state index contributed by atoms with van der Waals surface area (Å²) in [6.07, 6.45) is 0. The van der Waals surface area contributed by atoms with Crippen LogP contribution in [0.1, 0.15) is 35.5 Å². The van der Waals surface area contributed by atoms with Crippen molar-refractivity contribution < 1.29 is 9.53 Å². The van der Waals surface area contributed by atoms with E-state index in [1.54, 1.807) is 25.2 Å². The Hall–Kier alpha value is -3.03. The zero-order chi connectivity index (χ0) is 22.4. The number of rotatable bonds is 8. The van der Waals surface area contributed by atoms with E-state index in [1.807, 2.05) is 12.1 Å². The summed E-state index contributed by atoms with van der Waals surface area (Å²) in [5.74, 6) is 0.156. The summed E-state index contributed by atoms with van der Waals surface area (Å²) in [6, 6.07) is 13.6. The second-order valence-electron chi connectivity index (χ2n) is 7.14. The average molecular weight is 442 g/mol. The Bertz CT molecular complexity index is 1090. The number of aromatic amines is 1. The number of carbonyl (C=O) groups excluding carboxylic acids is 1. The van der Waals surface area contributed by atoms with Crippen molar-refractivity contribution in [3.05, 3.63) is 64.3 Å². The van der Waals surface area contributed by atoms with Gasteiger partial charge in [-0.25, -0.2) is 0 Å². The zero-order valence-corrected chi connectivity index (χ0v) is 18.8. The van der Waals surface area contributed by atoms with Gasteiger partial charge in [0.15, 0.2) is 5.96 Å². The van der Waals surface area contributed by atoms with Crippen LogP contribution in [0.3, 0.4) is 0 Å². The van der Waals surface area contributed by atoms with Gasteiger partial charge in [-0.3, -0.25) is 9.69 Å². The first-order valence-electron chi connectivity index (χ1n) is 10.3. The van der Waals surface area contributed by atoms with Gasteiger partial charge in [0.1, 0.15) is 18.1 Å². The van der Waals surface area contributed by atoms with E-state index in [9.17, 15) is 4.79 Å². The maximum absolute atomic E-state index is 12.3. The van der Waals surface area contributed by atoms with Crippen molar-refractivity contribution >= 4 is 34.4 Å². The van der Waals surface area contributed by atoms with Crippen molar-refractivity contribution in [3.63, 3.8) is 0 Å². The Morgan fingerprint density at radius 3 is 2.65 bits per heavy atom. The first-order chi connectivity index (χ1) is 14.9. The molecule has 164 valence electrons. The molecule has 4 N–H and O–H groups in total. The molecule has 0 fully saturated rings. The molecule has 31 heavy (non-hydrogen) atoms. The first kappa shape index (κ1) is 22.7. The largest absolute Gasteiger partial charge is 0.487 e. The Morgan fingerprint density at radius 1 is 1.19 bits per heavy atom. The van der Waals surface area contributed by atoms with Crippen LogP contribution in [-0.2, 0) is 13.2 Å². The summed E-state index contributed by atoms with van der Waals surface area (Å²) in [5, 5.41) is 3.83. The third kappa shape index (κ3) is 5.57. The molecular weight excluding hydrogens is 414 g/mol. The van der Waals surface area contributed by atoms with E-state index in [1.165, 1.54) is 5.56 Å². The number of nitrogens with two attached hydrogens (primary N) is 1. The van der Waals surface area contributed by atoms with Crippen LogP contribution >= 0.6 is 11.6 Å². The number of nitrogens with zero attached hydrogens (tertiary/aromatic N) is 2. The van der Waals surface area contributed by atoms with Crippen molar-refractivity contribution in [2.75, 3.05) is 20.1 Å². The van der Waals surface area contributed by atoms with Crippen LogP contribution in [0.25, 0.3) is 10.9 Å². The molecule has 1 aromatic heterocycles. The van der Waals surface area contributed by atoms with Gasteiger partial charge < -0.3 is 20.8 Å². The lowest BCUT2D eigenvalue weighted by atomic mass is 10.1. The van der Waals surface area contributed by atoms with Crippen molar-refractivity contribution in [2.45, 2.75) is 27.0 Å². The van der Waals surface area contributed by atoms with Crippen LogP contribution in [-0.4, -0.2) is 41.9 Å². The summed E-state index contributed by atoms with van der Waals surface area (Å²) >= 11 is 6.33. The predicted octanol–water partition coefficient (Wildman–Crippen LogP) is 3.92. The second-order valence-corrected chi connectivity index (χ2v) is 7.55. The van der Waals surface area contributed by atoms with Crippen molar-refractivity contribution in [3.8, 4) is 5.75 Å². The van der Waals surface area contributed by atoms with Crippen LogP contribution < -0.4 is 15.8 Å². The van der Waals surface area contributed by atoms with Crippen LogP contribution in [0.5, 0.6) is 5.75 Å². The number of aromatic nitrogens is 1. The third-order valence-corrected chi connectivity index (χ3v) is 5.43. The highest BCUT2D eigenvalue weighted by atomic mass is 35.5. The number of halogens is 1. The van der Waals surface area contributed by atoms with Crippen LogP contribution in [0.2, 0.25) is 5.02 Å². The molecule has 2 aromatic carbocycles. The molecule has 0 spiro atoms. The van der Waals surface area contributed by atoms with Gasteiger partial charge in [-0.1, -0.05) is 49.7 Å². The molecule has 0 unspecified atom stereocenters. The van der Waals surface area contributed by atoms with E-state index in [0.717, 1.165) is 25.2 Å². The Labute approximate surface area is 187 Å². The monoisotopic (exact) mass is 441 g/mol. The van der Waals surface area contributed by atoms with E-state index in [4.69, 9.17) is 22.1 Å². The predicted molar refractivity (Wildman–Crippen MR) is 126 cm³/mol. The number of hydrogen-bond acceptors (Lipinski definition) is 3. The lowest BCUT2D eigenvalue weighted by molar-refractivity contribution is 0.0998. The minimum absolute atomic E-state index is 0.0378. The number of H-pyrrole nitrogens is 1. The van der Waals surface area contributed by atoms with Crippen LogP contribution in [0.15, 0.2) is 47.5 Å². The van der Waals surface area contributed by atoms with Gasteiger partial charge in [0, 0.05) is 19.0 Å². The highest BCUT2D eigenvalue weighted by molar-refractivity contribution is 6.35. The fourth-order valence-electron chi connectivity index (χ4n) is 3.30. The molecule has 8 heteroatoms. The van der Waals surface area contributed by atoms with E-state index < -0.39 is 5.91 Å². The molecular formula is C23H28ClN5O2. The van der Waals surface area contributed by atoms with Crippen molar-refractivity contribution in [2.24, 2.45) is 10.7 Å². The highest BCUT2D eigenvalue weighted by Gasteiger charge is 2.15. The van der Waals surface area contributed by atoms with Crippen molar-refractivity contribution in [1.82, 2.24) is 15.2 Å². The minimum atomic E-state index is -0.492. The molecule has 0 aliphatic rings. The van der Waals surface area contributed by atoms with Crippen molar-refractivity contribution in [1.29, 1.82) is 0 Å². The fraction of sp³-hybridized carbons (Fsp3) is 0.304. The normalized spacial score (nSPS) is 11.8. The molecule has 0 saturated carbocycles. The molecule has 1 amide bonds. The summed E-state index contributed by atoms with van der Waals surface area (Å²) in [7, 11) is 1.59. The van der Waals surface area contributed by atoms with Crippen LogP contribution in [0, 0.1) is 0 Å². The molecule has 0 aliphatic carbocycles. The molecule has 0 saturated heterocycles. The van der Waals surface area contributed by atoms with E-state index in [-0.39, 0.29) is 11.7 Å². The fourth-order valence-corrected chi connectivity index (χ4v) is 3.52. The smallest absolute Gasteiger partial charge is 0.296 e. The number of guanidine groups is 1. The van der Waals surface area contributed by atoms with Gasteiger partial charge in [0.05, 0.1) is 10.5 Å². The maximum atomic E-state index is 12.3. The SMILES string of the molecule is CCN(CC)Cc1cccc(COc2ccc(Cl)c3cc(C(=O)N=C(N)NC)[nH]c23)c1. The average Bonchev–Trinajstić information content (AvgIpc) is 3.24. The van der Waals surface area contributed by atoms with Gasteiger partial charge in [0.25, 0.3) is 5.91 Å². The van der Waals surface area contributed by atoms with Gasteiger partial charge in [-0.2, -0.15) is 4.99 Å². The molecule has 0 aliphatic heterocycles. The number of fused-ring (bicyclic) bond motifs is 1. The number of ether oxygens (including phenoxy) is 1. The first-order valence-corrected chi connectivity index (χ1v) is 10.6. The number of amides is 1. The van der Waals surface area contributed by atoms with E-state index in [2.05, 4.69) is 46.2 Å². The summed E-state index contributed by atoms with van der Waals surface area (Å²) < 4.78 is 6.08. The number of nitrogens with one attached hydrogen (secondary N) is 2. The number of aliphatic imine (C=N–C) groups is 1. The lowest BCUT2D eigenvalue weighted by Crippen LogP contribution is -2.28. The maximum Gasteiger partial charge on any atom is 0.296 e. The van der Waals surface area contributed by atoms with Gasteiger partial charge in [0.2, 0.25) is 0 Å². The Morgan fingerprint density at radius 2 is 1.94 bits per heavy atom. The molecule has 0 bridgehead atoms. The van der Waals surface area contributed by atoms with Gasteiger partial charge in [-0.05, 0) is 42.4 Å². The van der Waals surface area contributed by atoms with Gasteiger partial charge >= 0.3 is 0 Å². The number of carbonyl (C=O) groups is 1. The molecule has 0 atom stereocenters. The molecule has 0 radical (unpaired) electrons. The minimum Gasteiger partial charge on any atom is -0.487 e. The molecule has 3 rings (SSSR count). The van der Waals surface area contributed by atoms with E-state index in [0.29, 0.717) is 28.3 Å².